The Hall–Kier alpha value is -3.15. The third-order valence-corrected chi connectivity index (χ3v) is 3.39. The first-order chi connectivity index (χ1) is 11.1. The van der Waals surface area contributed by atoms with E-state index in [2.05, 4.69) is 15.6 Å². The molecule has 1 aromatic carbocycles. The van der Waals surface area contributed by atoms with Crippen LogP contribution in [-0.4, -0.2) is 21.2 Å². The summed E-state index contributed by atoms with van der Waals surface area (Å²) in [6, 6.07) is 12.5. The van der Waals surface area contributed by atoms with Crippen LogP contribution in [0.3, 0.4) is 0 Å². The van der Waals surface area contributed by atoms with Crippen molar-refractivity contribution in [1.82, 2.24) is 14.7 Å². The Balaban J connectivity index is 1.66. The van der Waals surface area contributed by atoms with E-state index in [9.17, 15) is 9.59 Å². The molecule has 0 spiro atoms. The molecule has 0 saturated carbocycles. The second kappa shape index (κ2) is 6.31. The fourth-order valence-electron chi connectivity index (χ4n) is 2.30. The zero-order valence-electron chi connectivity index (χ0n) is 12.6. The summed E-state index contributed by atoms with van der Waals surface area (Å²) >= 11 is 0. The molecule has 0 fully saturated rings. The average Bonchev–Trinajstić information content (AvgIpc) is 2.96. The molecule has 6 nitrogen and oxygen atoms in total. The van der Waals surface area contributed by atoms with E-state index in [0.29, 0.717) is 17.8 Å². The van der Waals surface area contributed by atoms with E-state index in [1.165, 1.54) is 6.92 Å². The van der Waals surface area contributed by atoms with Crippen LogP contribution < -0.4 is 10.6 Å². The lowest BCUT2D eigenvalue weighted by molar-refractivity contribution is -0.114. The smallest absolute Gasteiger partial charge is 0.251 e. The number of benzene rings is 1. The molecule has 0 radical (unpaired) electrons. The molecule has 3 aromatic rings. The molecular weight excluding hydrogens is 292 g/mol. The molecule has 116 valence electrons. The van der Waals surface area contributed by atoms with E-state index < -0.39 is 0 Å². The Kier molecular flexibility index (Phi) is 4.05. The third kappa shape index (κ3) is 3.37. The van der Waals surface area contributed by atoms with Gasteiger partial charge in [0, 0.05) is 24.4 Å². The third-order valence-electron chi connectivity index (χ3n) is 3.39. The predicted octanol–water partition coefficient (Wildman–Crippen LogP) is 2.22. The molecule has 0 atom stereocenters. The lowest BCUT2D eigenvalue weighted by atomic mass is 10.2. The second-order valence-corrected chi connectivity index (χ2v) is 5.11. The van der Waals surface area contributed by atoms with Crippen molar-refractivity contribution in [3.05, 3.63) is 66.2 Å². The van der Waals surface area contributed by atoms with Crippen LogP contribution in [0.15, 0.2) is 54.9 Å². The number of carbonyl (C=O) groups excluding carboxylic acids is 2. The Morgan fingerprint density at radius 3 is 2.65 bits per heavy atom. The molecule has 2 N–H and O–H groups in total. The molecule has 3 rings (SSSR count). The largest absolute Gasteiger partial charge is 0.345 e. The quantitative estimate of drug-likeness (QED) is 0.776. The molecule has 0 aliphatic rings. The van der Waals surface area contributed by atoms with Gasteiger partial charge in [-0.3, -0.25) is 9.59 Å². The Morgan fingerprint density at radius 2 is 1.91 bits per heavy atom. The van der Waals surface area contributed by atoms with Crippen LogP contribution in [0.5, 0.6) is 0 Å². The maximum absolute atomic E-state index is 12.2. The van der Waals surface area contributed by atoms with Crippen molar-refractivity contribution in [2.75, 3.05) is 5.32 Å². The minimum Gasteiger partial charge on any atom is -0.345 e. The molecule has 0 aliphatic heterocycles. The summed E-state index contributed by atoms with van der Waals surface area (Å²) in [4.78, 5) is 27.5. The van der Waals surface area contributed by atoms with Crippen molar-refractivity contribution >= 4 is 23.0 Å². The topological polar surface area (TPSA) is 75.5 Å². The fraction of sp³-hybridized carbons (Fsp3) is 0.118. The monoisotopic (exact) mass is 308 g/mol. The number of fused-ring (bicyclic) bond motifs is 1. The first-order valence-electron chi connectivity index (χ1n) is 7.20. The zero-order chi connectivity index (χ0) is 16.2. The van der Waals surface area contributed by atoms with E-state index in [-0.39, 0.29) is 11.8 Å². The molecule has 0 aliphatic carbocycles. The number of nitrogens with one attached hydrogen (secondary N) is 2. The highest BCUT2D eigenvalue weighted by molar-refractivity contribution is 5.95. The Morgan fingerprint density at radius 1 is 1.13 bits per heavy atom. The number of rotatable bonds is 4. The number of anilines is 1. The van der Waals surface area contributed by atoms with Crippen LogP contribution in [0.4, 0.5) is 5.69 Å². The lowest BCUT2D eigenvalue weighted by Crippen LogP contribution is -2.24. The van der Waals surface area contributed by atoms with E-state index in [1.807, 2.05) is 28.8 Å². The van der Waals surface area contributed by atoms with E-state index >= 15 is 0 Å². The highest BCUT2D eigenvalue weighted by atomic mass is 16.2. The normalized spacial score (nSPS) is 10.5. The number of imidazole rings is 1. The van der Waals surface area contributed by atoms with E-state index in [0.717, 1.165) is 11.3 Å². The summed E-state index contributed by atoms with van der Waals surface area (Å²) in [6.07, 6.45) is 3.68. The maximum atomic E-state index is 12.2. The average molecular weight is 308 g/mol. The molecule has 0 bridgehead atoms. The number of hydrogen-bond donors (Lipinski definition) is 2. The van der Waals surface area contributed by atoms with Gasteiger partial charge < -0.3 is 15.0 Å². The van der Waals surface area contributed by atoms with Gasteiger partial charge in [0.25, 0.3) is 5.91 Å². The van der Waals surface area contributed by atoms with Crippen LogP contribution in [0.2, 0.25) is 0 Å². The van der Waals surface area contributed by atoms with Crippen LogP contribution in [0.1, 0.15) is 23.1 Å². The van der Waals surface area contributed by atoms with Crippen molar-refractivity contribution in [1.29, 1.82) is 0 Å². The van der Waals surface area contributed by atoms with Gasteiger partial charge in [0.2, 0.25) is 5.91 Å². The SMILES string of the molecule is CC(=O)Nc1ccc(C(=O)NCc2ncc3ccccn23)cc1. The van der Waals surface area contributed by atoms with Gasteiger partial charge in [-0.1, -0.05) is 6.07 Å². The standard InChI is InChI=1S/C17H16N4O2/c1-12(22)20-14-7-5-13(6-8-14)17(23)19-11-16-18-10-15-4-2-3-9-21(15)16/h2-10H,11H2,1H3,(H,19,23)(H,20,22). The van der Waals surface area contributed by atoms with E-state index in [4.69, 9.17) is 0 Å². The molecule has 6 heteroatoms. The zero-order valence-corrected chi connectivity index (χ0v) is 12.6. The summed E-state index contributed by atoms with van der Waals surface area (Å²) in [5, 5.41) is 5.51. The van der Waals surface area contributed by atoms with Gasteiger partial charge in [-0.2, -0.15) is 0 Å². The van der Waals surface area contributed by atoms with Gasteiger partial charge in [-0.15, -0.1) is 0 Å². The molecular formula is C17H16N4O2. The number of pyridine rings is 1. The molecule has 0 saturated heterocycles. The van der Waals surface area contributed by atoms with Gasteiger partial charge >= 0.3 is 0 Å². The van der Waals surface area contributed by atoms with Gasteiger partial charge in [-0.05, 0) is 36.4 Å². The minimum absolute atomic E-state index is 0.145. The van der Waals surface area contributed by atoms with Crippen molar-refractivity contribution in [3.8, 4) is 0 Å². The van der Waals surface area contributed by atoms with Crippen LogP contribution in [0.25, 0.3) is 5.52 Å². The highest BCUT2D eigenvalue weighted by Crippen LogP contribution is 2.10. The van der Waals surface area contributed by atoms with Gasteiger partial charge in [-0.25, -0.2) is 4.98 Å². The van der Waals surface area contributed by atoms with Gasteiger partial charge in [0.05, 0.1) is 18.3 Å². The molecule has 2 amide bonds. The van der Waals surface area contributed by atoms with Crippen LogP contribution >= 0.6 is 0 Å². The summed E-state index contributed by atoms with van der Waals surface area (Å²) < 4.78 is 1.93. The van der Waals surface area contributed by atoms with Gasteiger partial charge in [0.15, 0.2) is 0 Å². The summed E-state index contributed by atoms with van der Waals surface area (Å²) in [5.74, 6) is 0.434. The first kappa shape index (κ1) is 14.8. The molecule has 2 heterocycles. The summed E-state index contributed by atoms with van der Waals surface area (Å²) in [6.45, 7) is 1.78. The number of amides is 2. The fourth-order valence-corrected chi connectivity index (χ4v) is 2.30. The minimum atomic E-state index is -0.188. The Bertz CT molecular complexity index is 852. The van der Waals surface area contributed by atoms with Crippen LogP contribution in [-0.2, 0) is 11.3 Å². The van der Waals surface area contributed by atoms with Crippen molar-refractivity contribution in [3.63, 3.8) is 0 Å². The van der Waals surface area contributed by atoms with Crippen LogP contribution in [0, 0.1) is 0 Å². The number of aromatic nitrogens is 2. The predicted molar refractivity (Wildman–Crippen MR) is 87.1 cm³/mol. The molecule has 2 aromatic heterocycles. The van der Waals surface area contributed by atoms with Gasteiger partial charge in [0.1, 0.15) is 5.82 Å². The highest BCUT2D eigenvalue weighted by Gasteiger charge is 2.08. The molecule has 0 unspecified atom stereocenters. The Labute approximate surface area is 133 Å². The van der Waals surface area contributed by atoms with E-state index in [1.54, 1.807) is 30.5 Å². The van der Waals surface area contributed by atoms with Crippen molar-refractivity contribution in [2.45, 2.75) is 13.5 Å². The van der Waals surface area contributed by atoms with Crippen molar-refractivity contribution in [2.24, 2.45) is 0 Å². The summed E-state index contributed by atoms with van der Waals surface area (Å²) in [7, 11) is 0. The molecule has 23 heavy (non-hydrogen) atoms. The number of carbonyl (C=O) groups is 2. The number of nitrogens with zero attached hydrogens (tertiary/aromatic N) is 2. The maximum Gasteiger partial charge on any atom is 0.251 e. The number of hydrogen-bond acceptors (Lipinski definition) is 3. The summed E-state index contributed by atoms with van der Waals surface area (Å²) in [5.41, 5.74) is 2.17. The second-order valence-electron chi connectivity index (χ2n) is 5.11. The first-order valence-corrected chi connectivity index (χ1v) is 7.20. The van der Waals surface area contributed by atoms with Crippen molar-refractivity contribution < 1.29 is 9.59 Å². The lowest BCUT2D eigenvalue weighted by Gasteiger charge is -2.06.